The predicted octanol–water partition coefficient (Wildman–Crippen LogP) is 5.46. The van der Waals surface area contributed by atoms with Gasteiger partial charge in [0.25, 0.3) is 5.91 Å². The summed E-state index contributed by atoms with van der Waals surface area (Å²) < 4.78 is 68.3. The Balaban J connectivity index is 1.71. The fourth-order valence-electron chi connectivity index (χ4n) is 4.08. The average molecular weight is 622 g/mol. The number of benzene rings is 2. The highest BCUT2D eigenvalue weighted by molar-refractivity contribution is 9.10. The van der Waals surface area contributed by atoms with Gasteiger partial charge >= 0.3 is 6.18 Å². The van der Waals surface area contributed by atoms with E-state index in [4.69, 9.17) is 0 Å². The van der Waals surface area contributed by atoms with E-state index in [1.807, 2.05) is 0 Å². The van der Waals surface area contributed by atoms with Gasteiger partial charge in [0.15, 0.2) is 5.69 Å². The number of halogens is 6. The normalized spacial score (nSPS) is 12.2. The summed E-state index contributed by atoms with van der Waals surface area (Å²) in [4.78, 5) is 29.7. The van der Waals surface area contributed by atoms with Gasteiger partial charge in [-0.1, -0.05) is 24.3 Å². The van der Waals surface area contributed by atoms with Crippen LogP contribution in [0.4, 0.5) is 22.0 Å². The Hall–Kier alpha value is -4.13. The van der Waals surface area contributed by atoms with Gasteiger partial charge in [-0.05, 0) is 63.8 Å². The van der Waals surface area contributed by atoms with E-state index in [0.717, 1.165) is 16.8 Å². The number of carbonyl (C=O) groups excluding carboxylic acids is 2. The Kier molecular flexibility index (Phi) is 8.62. The van der Waals surface area contributed by atoms with Gasteiger partial charge in [0, 0.05) is 24.9 Å². The first kappa shape index (κ1) is 28.9. The molecule has 13 heteroatoms. The molecule has 0 saturated carbocycles. The number of amides is 2. The maximum Gasteiger partial charge on any atom is 0.435 e. The Morgan fingerprint density at radius 1 is 1.05 bits per heavy atom. The van der Waals surface area contributed by atoms with Gasteiger partial charge in [-0.3, -0.25) is 14.6 Å². The third-order valence-electron chi connectivity index (χ3n) is 5.90. The number of nitrogens with zero attached hydrogens (tertiary/aromatic N) is 3. The van der Waals surface area contributed by atoms with E-state index in [9.17, 15) is 31.5 Å². The lowest BCUT2D eigenvalue weighted by Gasteiger charge is -2.22. The quantitative estimate of drug-likeness (QED) is 0.256. The molecule has 2 N–H and O–H groups in total. The van der Waals surface area contributed by atoms with Gasteiger partial charge in [0.05, 0.1) is 17.3 Å². The molecular weight excluding hydrogens is 601 g/mol. The third kappa shape index (κ3) is 6.71. The van der Waals surface area contributed by atoms with Crippen LogP contribution in [0.25, 0.3) is 11.1 Å². The monoisotopic (exact) mass is 621 g/mol. The van der Waals surface area contributed by atoms with Crippen molar-refractivity contribution in [2.75, 3.05) is 7.05 Å². The van der Waals surface area contributed by atoms with Gasteiger partial charge in [0.2, 0.25) is 5.91 Å². The molecule has 2 amide bonds. The molecule has 0 spiro atoms. The summed E-state index contributed by atoms with van der Waals surface area (Å²) in [6.07, 6.45) is -3.17. The molecule has 0 aliphatic rings. The molecule has 2 aromatic carbocycles. The van der Waals surface area contributed by atoms with E-state index in [1.165, 1.54) is 43.6 Å². The van der Waals surface area contributed by atoms with Gasteiger partial charge in [-0.2, -0.15) is 18.3 Å². The van der Waals surface area contributed by atoms with Crippen LogP contribution in [0.1, 0.15) is 33.4 Å². The molecule has 7 nitrogen and oxygen atoms in total. The zero-order valence-corrected chi connectivity index (χ0v) is 22.4. The number of nitrogens with one attached hydrogen (secondary N) is 2. The highest BCUT2D eigenvalue weighted by Gasteiger charge is 2.35. The van der Waals surface area contributed by atoms with Crippen molar-refractivity contribution >= 4 is 27.7 Å². The Labute approximate surface area is 233 Å². The van der Waals surface area contributed by atoms with Crippen molar-refractivity contribution in [3.63, 3.8) is 0 Å². The van der Waals surface area contributed by atoms with Crippen LogP contribution in [0.5, 0.6) is 0 Å². The largest absolute Gasteiger partial charge is 0.435 e. The van der Waals surface area contributed by atoms with E-state index >= 15 is 0 Å². The van der Waals surface area contributed by atoms with E-state index in [2.05, 4.69) is 36.6 Å². The maximum atomic E-state index is 14.3. The zero-order valence-electron chi connectivity index (χ0n) is 20.8. The molecule has 0 aliphatic carbocycles. The Morgan fingerprint density at radius 3 is 2.50 bits per heavy atom. The molecular formula is C27H21BrF5N5O2. The number of aromatic nitrogens is 3. The van der Waals surface area contributed by atoms with Crippen LogP contribution in [0.15, 0.2) is 71.5 Å². The highest BCUT2D eigenvalue weighted by Crippen LogP contribution is 2.31. The predicted molar refractivity (Wildman–Crippen MR) is 139 cm³/mol. The standard InChI is InChI=1S/C27H21BrF5N5O2/c1-34-26(40)19-12-16(7-8-20(19)30)18-6-3-9-35-25(18)21(11-15-4-2-5-17(29)10-15)36-24(39)14-38-23(28)13-22(37-38)27(31,32)33/h2-10,12-13,21H,11,14H2,1H3,(H,34,40)(H,36,39)/t21-/m0/s1. The van der Waals surface area contributed by atoms with Crippen molar-refractivity contribution in [3.05, 3.63) is 106 Å². The van der Waals surface area contributed by atoms with Crippen molar-refractivity contribution < 1.29 is 31.5 Å². The number of rotatable bonds is 8. The van der Waals surface area contributed by atoms with E-state index in [0.29, 0.717) is 22.4 Å². The lowest BCUT2D eigenvalue weighted by atomic mass is 9.94. The first-order valence-electron chi connectivity index (χ1n) is 11.8. The third-order valence-corrected chi connectivity index (χ3v) is 6.53. The van der Waals surface area contributed by atoms with Crippen LogP contribution in [0, 0.1) is 11.6 Å². The van der Waals surface area contributed by atoms with E-state index in [-0.39, 0.29) is 16.6 Å². The number of alkyl halides is 3. The SMILES string of the molecule is CNC(=O)c1cc(-c2cccnc2[C@H](Cc2cccc(F)c2)NC(=O)Cn2nc(C(F)(F)F)cc2Br)ccc1F. The summed E-state index contributed by atoms with van der Waals surface area (Å²) in [7, 11) is 1.37. The summed E-state index contributed by atoms with van der Waals surface area (Å²) >= 11 is 2.99. The molecule has 0 bridgehead atoms. The molecule has 40 heavy (non-hydrogen) atoms. The van der Waals surface area contributed by atoms with Crippen LogP contribution in [0.3, 0.4) is 0 Å². The summed E-state index contributed by atoms with van der Waals surface area (Å²) in [5.74, 6) is -2.57. The molecule has 0 aliphatic heterocycles. The fraction of sp³-hybridized carbons (Fsp3) is 0.185. The number of carbonyl (C=O) groups is 2. The van der Waals surface area contributed by atoms with E-state index < -0.39 is 47.9 Å². The van der Waals surface area contributed by atoms with Gasteiger partial charge in [-0.15, -0.1) is 0 Å². The van der Waals surface area contributed by atoms with Crippen molar-refractivity contribution in [1.29, 1.82) is 0 Å². The van der Waals surface area contributed by atoms with Crippen molar-refractivity contribution in [2.24, 2.45) is 0 Å². The van der Waals surface area contributed by atoms with Gasteiger partial charge < -0.3 is 10.6 Å². The summed E-state index contributed by atoms with van der Waals surface area (Å²) in [5.41, 5.74) is 0.320. The first-order chi connectivity index (χ1) is 19.0. The van der Waals surface area contributed by atoms with Crippen molar-refractivity contribution in [1.82, 2.24) is 25.4 Å². The number of hydrogen-bond acceptors (Lipinski definition) is 4. The molecule has 2 heterocycles. The zero-order chi connectivity index (χ0) is 29.0. The van der Waals surface area contributed by atoms with Crippen molar-refractivity contribution in [3.8, 4) is 11.1 Å². The Morgan fingerprint density at radius 2 is 1.82 bits per heavy atom. The number of pyridine rings is 1. The Bertz CT molecular complexity index is 1560. The van der Waals surface area contributed by atoms with Crippen LogP contribution in [0.2, 0.25) is 0 Å². The number of hydrogen-bond donors (Lipinski definition) is 2. The molecule has 0 fully saturated rings. The van der Waals surface area contributed by atoms with Gasteiger partial charge in [0.1, 0.15) is 22.8 Å². The fourth-order valence-corrected chi connectivity index (χ4v) is 4.50. The highest BCUT2D eigenvalue weighted by atomic mass is 79.9. The van der Waals surface area contributed by atoms with Crippen LogP contribution in [-0.2, 0) is 23.9 Å². The van der Waals surface area contributed by atoms with Gasteiger partial charge in [-0.25, -0.2) is 13.5 Å². The minimum atomic E-state index is -4.70. The summed E-state index contributed by atoms with van der Waals surface area (Å²) in [6.45, 7) is -0.560. The molecule has 0 radical (unpaired) electrons. The maximum absolute atomic E-state index is 14.3. The second-order valence-corrected chi connectivity index (χ2v) is 9.48. The van der Waals surface area contributed by atoms with Crippen LogP contribution in [-0.4, -0.2) is 33.6 Å². The molecule has 4 aromatic rings. The van der Waals surface area contributed by atoms with E-state index in [1.54, 1.807) is 18.2 Å². The van der Waals surface area contributed by atoms with Crippen LogP contribution < -0.4 is 10.6 Å². The second-order valence-electron chi connectivity index (χ2n) is 8.67. The summed E-state index contributed by atoms with van der Waals surface area (Å²) in [5, 5.41) is 8.58. The second kappa shape index (κ2) is 11.9. The molecule has 2 aromatic heterocycles. The molecule has 208 valence electrons. The first-order valence-corrected chi connectivity index (χ1v) is 12.6. The molecule has 0 unspecified atom stereocenters. The minimum absolute atomic E-state index is 0.0526. The molecule has 0 saturated heterocycles. The lowest BCUT2D eigenvalue weighted by molar-refractivity contribution is -0.141. The van der Waals surface area contributed by atoms with Crippen molar-refractivity contribution in [2.45, 2.75) is 25.2 Å². The lowest BCUT2D eigenvalue weighted by Crippen LogP contribution is -2.34. The molecule has 4 rings (SSSR count). The smallest absolute Gasteiger partial charge is 0.355 e. The minimum Gasteiger partial charge on any atom is -0.355 e. The summed E-state index contributed by atoms with van der Waals surface area (Å²) in [6, 6.07) is 12.7. The average Bonchev–Trinajstić information content (AvgIpc) is 3.28. The van der Waals surface area contributed by atoms with Crippen LogP contribution >= 0.6 is 15.9 Å². The molecule has 1 atom stereocenters. The topological polar surface area (TPSA) is 88.9 Å².